The van der Waals surface area contributed by atoms with E-state index in [4.69, 9.17) is 34.8 Å². The highest BCUT2D eigenvalue weighted by molar-refractivity contribution is 6.48. The fourth-order valence-corrected chi connectivity index (χ4v) is 3.37. The molecule has 1 amide bonds. The molecule has 1 aromatic heterocycles. The number of aromatic amines is 1. The lowest BCUT2D eigenvalue weighted by Gasteiger charge is -1.98. The quantitative estimate of drug-likeness (QED) is 0.345. The number of benzene rings is 2. The topological polar surface area (TPSA) is 88.3 Å². The highest BCUT2D eigenvalue weighted by Gasteiger charge is 2.24. The largest absolute Gasteiger partial charge is 0.463 e. The molecule has 1 aliphatic rings. The zero-order valence-corrected chi connectivity index (χ0v) is 16.7. The van der Waals surface area contributed by atoms with E-state index in [9.17, 15) is 14.4 Å². The summed E-state index contributed by atoms with van der Waals surface area (Å²) in [6, 6.07) is 10.3. The van der Waals surface area contributed by atoms with Crippen LogP contribution < -0.4 is 5.32 Å². The maximum atomic E-state index is 11.7. The second-order valence-electron chi connectivity index (χ2n) is 5.85. The number of methoxy groups -OCH3 is 1. The summed E-state index contributed by atoms with van der Waals surface area (Å²) in [4.78, 5) is 36.6. The minimum absolute atomic E-state index is 0.0438. The molecule has 4 rings (SSSR count). The number of ether oxygens (including phenoxy) is 1. The van der Waals surface area contributed by atoms with Gasteiger partial charge in [0.1, 0.15) is 5.15 Å². The van der Waals surface area contributed by atoms with E-state index in [-0.39, 0.29) is 16.6 Å². The molecule has 0 bridgehead atoms. The molecule has 0 fully saturated rings. The number of anilines is 1. The molecule has 2 heterocycles. The van der Waals surface area contributed by atoms with Gasteiger partial charge in [-0.1, -0.05) is 46.9 Å². The van der Waals surface area contributed by atoms with Crippen molar-refractivity contribution in [1.82, 2.24) is 4.98 Å². The van der Waals surface area contributed by atoms with Gasteiger partial charge in [0.2, 0.25) is 5.91 Å². The molecule has 0 aliphatic carbocycles. The first-order chi connectivity index (χ1) is 13.3. The Morgan fingerprint density at radius 1 is 1.04 bits per heavy atom. The number of H-pyrrole nitrogens is 1. The lowest BCUT2D eigenvalue weighted by atomic mass is 10.1. The Kier molecular flexibility index (Phi) is 5.93. The number of carbonyl (C=O) groups is 3. The Labute approximate surface area is 174 Å². The van der Waals surface area contributed by atoms with E-state index in [1.165, 1.54) is 0 Å². The van der Waals surface area contributed by atoms with Gasteiger partial charge in [-0.25, -0.2) is 4.79 Å². The number of nitrogens with one attached hydrogen (secondary N) is 2. The van der Waals surface area contributed by atoms with Gasteiger partial charge in [-0.3, -0.25) is 9.59 Å². The normalized spacial score (nSPS) is 12.1. The van der Waals surface area contributed by atoms with Crippen LogP contribution in [0, 0.1) is 0 Å². The Bertz CT molecular complexity index is 1110. The van der Waals surface area contributed by atoms with E-state index < -0.39 is 11.8 Å². The van der Waals surface area contributed by atoms with Gasteiger partial charge in [0.25, 0.3) is 5.78 Å². The van der Waals surface area contributed by atoms with Crippen molar-refractivity contribution >= 4 is 69.1 Å². The molecular formula is C19H13Cl3N2O4. The van der Waals surface area contributed by atoms with E-state index in [0.717, 1.165) is 18.4 Å². The first kappa shape index (κ1) is 20.2. The molecule has 2 aromatic carbocycles. The first-order valence-corrected chi connectivity index (χ1v) is 9.11. The van der Waals surface area contributed by atoms with Crippen molar-refractivity contribution in [3.05, 3.63) is 62.7 Å². The van der Waals surface area contributed by atoms with Crippen molar-refractivity contribution in [2.24, 2.45) is 0 Å². The zero-order chi connectivity index (χ0) is 20.4. The van der Waals surface area contributed by atoms with Crippen LogP contribution in [-0.2, 0) is 20.7 Å². The summed E-state index contributed by atoms with van der Waals surface area (Å²) in [7, 11) is 1.14. The number of esters is 1. The van der Waals surface area contributed by atoms with Crippen LogP contribution in [0.15, 0.2) is 36.4 Å². The molecule has 0 saturated carbocycles. The van der Waals surface area contributed by atoms with Gasteiger partial charge in [-0.15, -0.1) is 0 Å². The minimum atomic E-state index is -0.956. The number of rotatable bonds is 2. The van der Waals surface area contributed by atoms with Crippen LogP contribution in [0.3, 0.4) is 0 Å². The van der Waals surface area contributed by atoms with Crippen molar-refractivity contribution in [1.29, 1.82) is 0 Å². The van der Waals surface area contributed by atoms with Crippen LogP contribution in [0.5, 0.6) is 0 Å². The molecule has 9 heteroatoms. The number of hydrogen-bond donors (Lipinski definition) is 2. The molecule has 0 radical (unpaired) electrons. The minimum Gasteiger partial charge on any atom is -0.463 e. The number of ketones is 1. The van der Waals surface area contributed by atoms with Crippen LogP contribution in [0.4, 0.5) is 5.69 Å². The number of halogens is 3. The second-order valence-corrected chi connectivity index (χ2v) is 7.10. The summed E-state index contributed by atoms with van der Waals surface area (Å²) in [5, 5.41) is 4.51. The lowest BCUT2D eigenvalue weighted by molar-refractivity contribution is -0.135. The van der Waals surface area contributed by atoms with Crippen molar-refractivity contribution < 1.29 is 19.1 Å². The molecule has 144 valence electrons. The number of Topliss-reactive ketones (excluding diaryl/α,β-unsaturated/α-hetero) is 1. The summed E-state index contributed by atoms with van der Waals surface area (Å²) in [5.41, 5.74) is 2.57. The van der Waals surface area contributed by atoms with E-state index in [0.29, 0.717) is 27.4 Å². The molecular weight excluding hydrogens is 427 g/mol. The van der Waals surface area contributed by atoms with Crippen LogP contribution in [0.1, 0.15) is 15.9 Å². The molecule has 0 saturated heterocycles. The van der Waals surface area contributed by atoms with Crippen LogP contribution in [0.25, 0.3) is 10.9 Å². The van der Waals surface area contributed by atoms with Gasteiger partial charge in [0.15, 0.2) is 0 Å². The summed E-state index contributed by atoms with van der Waals surface area (Å²) in [5.74, 6) is -1.70. The van der Waals surface area contributed by atoms with Gasteiger partial charge < -0.3 is 15.0 Å². The van der Waals surface area contributed by atoms with Crippen LogP contribution in [0.2, 0.25) is 15.2 Å². The van der Waals surface area contributed by atoms with E-state index >= 15 is 0 Å². The maximum Gasteiger partial charge on any atom is 0.379 e. The molecule has 2 N–H and O–H groups in total. The smallest absolute Gasteiger partial charge is 0.379 e. The van der Waals surface area contributed by atoms with Crippen molar-refractivity contribution in [2.45, 2.75) is 6.42 Å². The standard InChI is InChI=1S/C11H7Cl2NO3.C8H6ClNO/c1-17-11(16)9(15)8-6-3-2-5(12)4-7(6)14-10(8)13;9-6-2-1-5-3-8(11)10-7(5)4-6/h2-4,14H,1H3;1-2,4H,3H2,(H,10,11). The number of amides is 1. The maximum absolute atomic E-state index is 11.7. The number of fused-ring (bicyclic) bond motifs is 2. The van der Waals surface area contributed by atoms with Gasteiger partial charge in [0, 0.05) is 26.6 Å². The van der Waals surface area contributed by atoms with Crippen LogP contribution in [-0.4, -0.2) is 29.8 Å². The van der Waals surface area contributed by atoms with Gasteiger partial charge >= 0.3 is 5.97 Å². The molecule has 0 atom stereocenters. The number of hydrogen-bond acceptors (Lipinski definition) is 4. The summed E-state index contributed by atoms with van der Waals surface area (Å²) in [6.07, 6.45) is 0.479. The molecule has 0 unspecified atom stereocenters. The third-order valence-electron chi connectivity index (χ3n) is 4.01. The second kappa shape index (κ2) is 8.22. The van der Waals surface area contributed by atoms with Crippen molar-refractivity contribution in [2.75, 3.05) is 12.4 Å². The Hall–Kier alpha value is -2.54. The van der Waals surface area contributed by atoms with Crippen LogP contribution >= 0.6 is 34.8 Å². The monoisotopic (exact) mass is 438 g/mol. The number of aromatic nitrogens is 1. The molecule has 1 aliphatic heterocycles. The summed E-state index contributed by atoms with van der Waals surface area (Å²) >= 11 is 17.4. The highest BCUT2D eigenvalue weighted by Crippen LogP contribution is 2.29. The number of carbonyl (C=O) groups excluding carboxylic acids is 3. The molecule has 28 heavy (non-hydrogen) atoms. The first-order valence-electron chi connectivity index (χ1n) is 7.97. The van der Waals surface area contributed by atoms with Gasteiger partial charge in [0.05, 0.1) is 19.1 Å². The predicted octanol–water partition coefficient (Wildman–Crippen LogP) is 4.67. The zero-order valence-electron chi connectivity index (χ0n) is 14.4. The third-order valence-corrected chi connectivity index (χ3v) is 4.76. The van der Waals surface area contributed by atoms with Crippen molar-refractivity contribution in [3.63, 3.8) is 0 Å². The molecule has 6 nitrogen and oxygen atoms in total. The summed E-state index contributed by atoms with van der Waals surface area (Å²) < 4.78 is 4.38. The fourth-order valence-electron chi connectivity index (χ4n) is 2.74. The Morgan fingerprint density at radius 2 is 1.71 bits per heavy atom. The SMILES string of the molecule is COC(=O)C(=O)c1c(Cl)[nH]c2cc(Cl)ccc12.O=C1Cc2ccc(Cl)cc2N1. The molecule has 0 spiro atoms. The predicted molar refractivity (Wildman–Crippen MR) is 108 cm³/mol. The lowest BCUT2D eigenvalue weighted by Crippen LogP contribution is -2.15. The van der Waals surface area contributed by atoms with E-state index in [1.807, 2.05) is 6.07 Å². The van der Waals surface area contributed by atoms with Gasteiger partial charge in [-0.05, 0) is 29.8 Å². The average molecular weight is 440 g/mol. The summed E-state index contributed by atoms with van der Waals surface area (Å²) in [6.45, 7) is 0. The fraction of sp³-hybridized carbons (Fsp3) is 0.105. The molecule has 3 aromatic rings. The Balaban J connectivity index is 0.000000176. The highest BCUT2D eigenvalue weighted by atomic mass is 35.5. The van der Waals surface area contributed by atoms with Gasteiger partial charge in [-0.2, -0.15) is 0 Å². The van der Waals surface area contributed by atoms with E-state index in [2.05, 4.69) is 15.0 Å². The van der Waals surface area contributed by atoms with E-state index in [1.54, 1.807) is 30.3 Å². The third kappa shape index (κ3) is 4.14. The Morgan fingerprint density at radius 3 is 2.43 bits per heavy atom. The average Bonchev–Trinajstić information content (AvgIpc) is 3.17. The van der Waals surface area contributed by atoms with Crippen molar-refractivity contribution in [3.8, 4) is 0 Å².